The Labute approximate surface area is 188 Å². The minimum Gasteiger partial charge on any atom is -0.493 e. The van der Waals surface area contributed by atoms with E-state index in [0.717, 1.165) is 40.2 Å². The number of rotatable bonds is 10. The molecule has 0 bridgehead atoms. The molecule has 0 atom stereocenters. The molecule has 3 aromatic carbocycles. The number of imidazole rings is 1. The molecule has 0 radical (unpaired) electrons. The van der Waals surface area contributed by atoms with Crippen LogP contribution in [0.3, 0.4) is 0 Å². The van der Waals surface area contributed by atoms with Gasteiger partial charge < -0.3 is 18.8 Å². The van der Waals surface area contributed by atoms with Crippen molar-refractivity contribution in [1.82, 2.24) is 9.55 Å². The summed E-state index contributed by atoms with van der Waals surface area (Å²) in [6, 6.07) is 22.1. The fourth-order valence-electron chi connectivity index (χ4n) is 3.72. The number of para-hydroxylation sites is 3. The highest BCUT2D eigenvalue weighted by molar-refractivity contribution is 5.75. The number of benzene rings is 3. The maximum absolute atomic E-state index is 6.13. The molecular weight excluding hydrogens is 400 g/mol. The van der Waals surface area contributed by atoms with E-state index in [1.165, 1.54) is 0 Å². The van der Waals surface area contributed by atoms with Crippen LogP contribution in [-0.2, 0) is 19.6 Å². The molecule has 0 aliphatic heterocycles. The fraction of sp³-hybridized carbons (Fsp3) is 0.222. The predicted octanol–water partition coefficient (Wildman–Crippen LogP) is 5.74. The molecule has 5 heteroatoms. The van der Waals surface area contributed by atoms with Crippen LogP contribution in [0.4, 0.5) is 0 Å². The molecular formula is C27H28N2O3. The average Bonchev–Trinajstić information content (AvgIpc) is 3.17. The van der Waals surface area contributed by atoms with Gasteiger partial charge in [0.25, 0.3) is 0 Å². The van der Waals surface area contributed by atoms with E-state index >= 15 is 0 Å². The van der Waals surface area contributed by atoms with Crippen LogP contribution in [0.5, 0.6) is 17.2 Å². The van der Waals surface area contributed by atoms with Gasteiger partial charge in [-0.25, -0.2) is 4.98 Å². The number of ether oxygens (including phenoxy) is 3. The van der Waals surface area contributed by atoms with Gasteiger partial charge in [0.1, 0.15) is 24.8 Å². The smallest absolute Gasteiger partial charge is 0.161 e. The fourth-order valence-corrected chi connectivity index (χ4v) is 3.72. The monoisotopic (exact) mass is 428 g/mol. The van der Waals surface area contributed by atoms with Crippen molar-refractivity contribution in [2.24, 2.45) is 0 Å². The second kappa shape index (κ2) is 10.1. The van der Waals surface area contributed by atoms with Gasteiger partial charge in [0.05, 0.1) is 24.7 Å². The van der Waals surface area contributed by atoms with Crippen molar-refractivity contribution in [3.8, 4) is 17.2 Å². The summed E-state index contributed by atoms with van der Waals surface area (Å²) in [7, 11) is 1.65. The number of hydrogen-bond acceptors (Lipinski definition) is 4. The Kier molecular flexibility index (Phi) is 6.75. The van der Waals surface area contributed by atoms with Crippen molar-refractivity contribution >= 4 is 11.0 Å². The molecule has 1 heterocycles. The summed E-state index contributed by atoms with van der Waals surface area (Å²) < 4.78 is 19.8. The summed E-state index contributed by atoms with van der Waals surface area (Å²) in [5.74, 6) is 3.14. The van der Waals surface area contributed by atoms with Crippen LogP contribution in [-0.4, -0.2) is 23.3 Å². The lowest BCUT2D eigenvalue weighted by Crippen LogP contribution is -2.13. The first-order chi connectivity index (χ1) is 15.7. The minimum atomic E-state index is 0.330. The Morgan fingerprint density at radius 2 is 1.75 bits per heavy atom. The van der Waals surface area contributed by atoms with Gasteiger partial charge in [0, 0.05) is 0 Å². The average molecular weight is 429 g/mol. The molecule has 0 unspecified atom stereocenters. The van der Waals surface area contributed by atoms with Gasteiger partial charge in [-0.1, -0.05) is 42.5 Å². The van der Waals surface area contributed by atoms with Gasteiger partial charge in [-0.2, -0.15) is 0 Å². The first-order valence-electron chi connectivity index (χ1n) is 10.7. The number of nitrogens with zero attached hydrogens (tertiary/aromatic N) is 2. The largest absolute Gasteiger partial charge is 0.493 e. The molecule has 0 N–H and O–H groups in total. The Bertz CT molecular complexity index is 1210. The molecule has 0 aliphatic rings. The lowest BCUT2D eigenvalue weighted by molar-refractivity contribution is 0.261. The first kappa shape index (κ1) is 21.5. The highest BCUT2D eigenvalue weighted by atomic mass is 16.5. The quantitative estimate of drug-likeness (QED) is 0.302. The molecule has 0 fully saturated rings. The molecule has 0 aliphatic carbocycles. The topological polar surface area (TPSA) is 45.5 Å². The molecule has 32 heavy (non-hydrogen) atoms. The van der Waals surface area contributed by atoms with Crippen LogP contribution >= 0.6 is 0 Å². The summed E-state index contributed by atoms with van der Waals surface area (Å²) in [5, 5.41) is 0. The second-order valence-corrected chi connectivity index (χ2v) is 7.55. The zero-order valence-corrected chi connectivity index (χ0v) is 18.6. The number of aryl methyl sites for hydroxylation is 1. The zero-order valence-electron chi connectivity index (χ0n) is 18.6. The number of fused-ring (bicyclic) bond motifs is 1. The molecule has 1 aromatic heterocycles. The predicted molar refractivity (Wildman–Crippen MR) is 128 cm³/mol. The highest BCUT2D eigenvalue weighted by Gasteiger charge is 2.13. The lowest BCUT2D eigenvalue weighted by atomic mass is 10.1. The summed E-state index contributed by atoms with van der Waals surface area (Å²) >= 11 is 0. The maximum atomic E-state index is 6.13. The van der Waals surface area contributed by atoms with Gasteiger partial charge >= 0.3 is 0 Å². The number of aromatic nitrogens is 2. The number of methoxy groups -OCH3 is 1. The summed E-state index contributed by atoms with van der Waals surface area (Å²) in [6.07, 6.45) is 2.66. The van der Waals surface area contributed by atoms with E-state index in [0.29, 0.717) is 31.3 Å². The molecule has 0 spiro atoms. The van der Waals surface area contributed by atoms with Crippen LogP contribution in [0.25, 0.3) is 11.0 Å². The van der Waals surface area contributed by atoms with Crippen LogP contribution in [0.1, 0.15) is 17.0 Å². The van der Waals surface area contributed by atoms with E-state index in [-0.39, 0.29) is 0 Å². The van der Waals surface area contributed by atoms with Crippen molar-refractivity contribution in [3.63, 3.8) is 0 Å². The zero-order chi connectivity index (χ0) is 22.3. The van der Waals surface area contributed by atoms with Crippen LogP contribution in [0, 0.1) is 6.92 Å². The van der Waals surface area contributed by atoms with Gasteiger partial charge in [-0.15, -0.1) is 6.58 Å². The maximum Gasteiger partial charge on any atom is 0.161 e. The van der Waals surface area contributed by atoms with Crippen molar-refractivity contribution in [1.29, 1.82) is 0 Å². The van der Waals surface area contributed by atoms with Crippen LogP contribution < -0.4 is 14.2 Å². The number of allylic oxidation sites excluding steroid dienone is 1. The van der Waals surface area contributed by atoms with E-state index < -0.39 is 0 Å². The van der Waals surface area contributed by atoms with Gasteiger partial charge in [-0.3, -0.25) is 0 Å². The SMILES string of the molecule is C=CCc1ccc(OCc2nc3ccccc3n2CCOc2ccccc2C)c(OC)c1. The molecule has 0 saturated carbocycles. The van der Waals surface area contributed by atoms with Crippen LogP contribution in [0.2, 0.25) is 0 Å². The third-order valence-corrected chi connectivity index (χ3v) is 5.36. The van der Waals surface area contributed by atoms with Crippen molar-refractivity contribution in [3.05, 3.63) is 96.3 Å². The highest BCUT2D eigenvalue weighted by Crippen LogP contribution is 2.29. The van der Waals surface area contributed by atoms with Crippen molar-refractivity contribution < 1.29 is 14.2 Å². The molecule has 5 nitrogen and oxygen atoms in total. The molecule has 0 saturated heterocycles. The first-order valence-corrected chi connectivity index (χ1v) is 10.7. The van der Waals surface area contributed by atoms with E-state index in [2.05, 4.69) is 30.2 Å². The normalized spacial score (nSPS) is 10.8. The van der Waals surface area contributed by atoms with Gasteiger partial charge in [0.15, 0.2) is 11.5 Å². The van der Waals surface area contributed by atoms with Gasteiger partial charge in [-0.05, 0) is 54.8 Å². The van der Waals surface area contributed by atoms with Crippen molar-refractivity contribution in [2.45, 2.75) is 26.5 Å². The summed E-state index contributed by atoms with van der Waals surface area (Å²) in [6.45, 7) is 7.38. The van der Waals surface area contributed by atoms with Crippen LogP contribution in [0.15, 0.2) is 79.4 Å². The lowest BCUT2D eigenvalue weighted by Gasteiger charge is -2.14. The summed E-state index contributed by atoms with van der Waals surface area (Å²) in [5.41, 5.74) is 4.26. The Morgan fingerprint density at radius 3 is 2.56 bits per heavy atom. The Balaban J connectivity index is 1.52. The second-order valence-electron chi connectivity index (χ2n) is 7.55. The Morgan fingerprint density at radius 1 is 0.938 bits per heavy atom. The van der Waals surface area contributed by atoms with E-state index in [1.807, 2.05) is 60.7 Å². The Hall–Kier alpha value is -3.73. The molecule has 4 aromatic rings. The van der Waals surface area contributed by atoms with Crippen molar-refractivity contribution in [2.75, 3.05) is 13.7 Å². The molecule has 0 amide bonds. The third kappa shape index (κ3) is 4.78. The molecule has 4 rings (SSSR count). The minimum absolute atomic E-state index is 0.330. The van der Waals surface area contributed by atoms with E-state index in [4.69, 9.17) is 19.2 Å². The number of hydrogen-bond donors (Lipinski definition) is 0. The van der Waals surface area contributed by atoms with E-state index in [9.17, 15) is 0 Å². The molecule has 164 valence electrons. The summed E-state index contributed by atoms with van der Waals surface area (Å²) in [4.78, 5) is 4.80. The standard InChI is InChI=1S/C27H28N2O3/c1-4-9-21-14-15-25(26(18-21)30-3)32-19-27-28-22-11-6-7-12-23(22)29(27)16-17-31-24-13-8-5-10-20(24)2/h4-8,10-15,18H,1,9,16-17,19H2,2-3H3. The van der Waals surface area contributed by atoms with E-state index in [1.54, 1.807) is 7.11 Å². The third-order valence-electron chi connectivity index (χ3n) is 5.36. The van der Waals surface area contributed by atoms with Gasteiger partial charge in [0.2, 0.25) is 0 Å².